The summed E-state index contributed by atoms with van der Waals surface area (Å²) in [6.07, 6.45) is -26.7. The van der Waals surface area contributed by atoms with Gasteiger partial charge in [-0.15, -0.1) is 0 Å². The van der Waals surface area contributed by atoms with Crippen molar-refractivity contribution < 1.29 is 114 Å². The number of esters is 1. The van der Waals surface area contributed by atoms with E-state index in [0.717, 1.165) is 44.1 Å². The van der Waals surface area contributed by atoms with E-state index in [1.54, 1.807) is 0 Å². The monoisotopic (exact) mass is 1090 g/mol. The number of aliphatic hydroxyl groups is 14. The molecule has 0 spiro atoms. The number of hydrogen-bond acceptors (Lipinski definition) is 23. The lowest BCUT2D eigenvalue weighted by molar-refractivity contribution is -0.380. The summed E-state index contributed by atoms with van der Waals surface area (Å²) in [7, 11) is 0. The fourth-order valence-electron chi connectivity index (χ4n) is 17.1. The van der Waals surface area contributed by atoms with Crippen molar-refractivity contribution >= 4 is 5.97 Å². The molecule has 9 fully saturated rings. The van der Waals surface area contributed by atoms with Gasteiger partial charge in [0.2, 0.25) is 6.29 Å². The van der Waals surface area contributed by atoms with Crippen molar-refractivity contribution in [1.29, 1.82) is 0 Å². The minimum atomic E-state index is -1.99. The van der Waals surface area contributed by atoms with Gasteiger partial charge in [0.25, 0.3) is 0 Å². The summed E-state index contributed by atoms with van der Waals surface area (Å²) in [5.41, 5.74) is -0.881. The van der Waals surface area contributed by atoms with Crippen LogP contribution in [0.3, 0.4) is 0 Å². The van der Waals surface area contributed by atoms with E-state index in [9.17, 15) is 71.5 Å². The lowest BCUT2D eigenvalue weighted by atomic mass is 9.32. The molecule has 23 nitrogen and oxygen atoms in total. The van der Waals surface area contributed by atoms with Gasteiger partial charge in [-0.05, 0) is 122 Å². The highest BCUT2D eigenvalue weighted by Crippen LogP contribution is 2.78. The smallest absolute Gasteiger partial charge is 0.314 e. The maximum Gasteiger partial charge on any atom is 0.314 e. The first-order chi connectivity index (χ1) is 35.6. The van der Waals surface area contributed by atoms with Crippen LogP contribution in [-0.2, 0) is 42.7 Å². The Morgan fingerprint density at radius 1 is 0.539 bits per heavy atom. The summed E-state index contributed by atoms with van der Waals surface area (Å²) in [4.78, 5) is 15.1. The number of ether oxygens (including phenoxy) is 8. The summed E-state index contributed by atoms with van der Waals surface area (Å²) in [5.74, 6) is -0.162. The normalized spacial score (nSPS) is 55.1. The van der Waals surface area contributed by atoms with Crippen LogP contribution >= 0.6 is 0 Å². The Kier molecular flexibility index (Phi) is 16.8. The fraction of sp³-hybridized carbons (Fsp3) is 0.943. The molecule has 23 heteroatoms. The maximum atomic E-state index is 15.1. The zero-order valence-electron chi connectivity index (χ0n) is 44.3. The number of carbonyl (C=O) groups excluding carboxylic acids is 1. The largest absolute Gasteiger partial charge is 0.432 e. The minimum Gasteiger partial charge on any atom is -0.432 e. The van der Waals surface area contributed by atoms with Crippen molar-refractivity contribution in [3.8, 4) is 0 Å². The van der Waals surface area contributed by atoms with E-state index in [-0.39, 0.29) is 51.4 Å². The van der Waals surface area contributed by atoms with Crippen LogP contribution in [0.5, 0.6) is 0 Å². The van der Waals surface area contributed by atoms with Gasteiger partial charge in [0.15, 0.2) is 25.2 Å². The first kappa shape index (κ1) is 59.0. The molecule has 436 valence electrons. The van der Waals surface area contributed by atoms with E-state index in [1.165, 1.54) is 0 Å². The van der Waals surface area contributed by atoms with Gasteiger partial charge in [-0.1, -0.05) is 46.8 Å². The van der Waals surface area contributed by atoms with Crippen molar-refractivity contribution in [3.05, 3.63) is 12.2 Å². The van der Waals surface area contributed by atoms with Gasteiger partial charge < -0.3 is 109 Å². The Hall–Kier alpha value is -1.63. The molecule has 0 aromatic rings. The zero-order valence-corrected chi connectivity index (χ0v) is 44.3. The molecular formula is C53H86O23. The molecular weight excluding hydrogens is 1000 g/mol. The lowest BCUT2D eigenvalue weighted by Gasteiger charge is -2.73. The second kappa shape index (κ2) is 21.6. The molecule has 4 saturated heterocycles. The second-order valence-corrected chi connectivity index (χ2v) is 25.5. The van der Waals surface area contributed by atoms with E-state index in [0.29, 0.717) is 31.6 Å². The standard InChI is InChI=1S/C53H86O23/c1-21(2)22-10-15-53(48(68)76-46-39(64)34(59)32(57)26(72-46)20-69-44-41(66)36(61)42(25(19-55)71-44)74-47-40(65)35(60)37(62)43(67)75-47)17-16-51(6)23(30(22)53)8-9-28-50(5)13-12-29(49(3,4)27(50)11-14-52(28,51)7)73-45-38(63)33(58)31(56)24(18-54)70-45/h22-47,54-67H,1,8-20H2,2-7H3. The molecule has 0 radical (unpaired) electrons. The Morgan fingerprint density at radius 3 is 1.76 bits per heavy atom. The molecule has 4 heterocycles. The van der Waals surface area contributed by atoms with E-state index >= 15 is 4.79 Å². The van der Waals surface area contributed by atoms with Crippen LogP contribution in [0, 0.1) is 56.7 Å². The number of rotatable bonds is 12. The van der Waals surface area contributed by atoms with Gasteiger partial charge in [-0.25, -0.2) is 0 Å². The SMILES string of the molecule is C=C(C)C1CCC2(C(=O)OC3OC(COC4OC(CO)C(OC5OC(O)C(O)C(O)C5O)C(O)C4O)C(O)C(O)C3O)CCC3(C)C(CCC4C5(C)CCC(OC6OC(CO)C(O)C(O)C6O)C(C)(C)C5CCC43C)C12. The van der Waals surface area contributed by atoms with Gasteiger partial charge in [0.1, 0.15) is 91.6 Å². The molecule has 5 saturated carbocycles. The van der Waals surface area contributed by atoms with Crippen LogP contribution in [0.4, 0.5) is 0 Å². The van der Waals surface area contributed by atoms with Gasteiger partial charge in [-0.2, -0.15) is 0 Å². The van der Waals surface area contributed by atoms with E-state index in [2.05, 4.69) is 41.2 Å². The molecule has 5 aliphatic carbocycles. The quantitative estimate of drug-likeness (QED) is 0.0559. The Balaban J connectivity index is 0.879. The van der Waals surface area contributed by atoms with Crippen LogP contribution in [0.25, 0.3) is 0 Å². The lowest BCUT2D eigenvalue weighted by Crippen LogP contribution is -2.68. The van der Waals surface area contributed by atoms with E-state index in [4.69, 9.17) is 37.9 Å². The highest BCUT2D eigenvalue weighted by Gasteiger charge is 2.73. The first-order valence-corrected chi connectivity index (χ1v) is 27.4. The van der Waals surface area contributed by atoms with Gasteiger partial charge in [0.05, 0.1) is 31.3 Å². The van der Waals surface area contributed by atoms with Crippen LogP contribution in [-0.4, -0.2) is 226 Å². The summed E-state index contributed by atoms with van der Waals surface area (Å²) in [6, 6.07) is 0. The van der Waals surface area contributed by atoms with Crippen molar-refractivity contribution in [3.63, 3.8) is 0 Å². The molecule has 9 aliphatic rings. The summed E-state index contributed by atoms with van der Waals surface area (Å²) in [5, 5.41) is 148. The van der Waals surface area contributed by atoms with Crippen molar-refractivity contribution in [2.24, 2.45) is 56.7 Å². The highest BCUT2D eigenvalue weighted by molar-refractivity contribution is 5.78. The highest BCUT2D eigenvalue weighted by atomic mass is 16.8. The molecule has 0 aromatic carbocycles. The van der Waals surface area contributed by atoms with Crippen LogP contribution in [0.15, 0.2) is 12.2 Å². The van der Waals surface area contributed by atoms with Crippen molar-refractivity contribution in [2.75, 3.05) is 19.8 Å². The van der Waals surface area contributed by atoms with E-state index in [1.807, 2.05) is 6.92 Å². The first-order valence-electron chi connectivity index (χ1n) is 27.4. The zero-order chi connectivity index (χ0) is 55.5. The number of carbonyl (C=O) groups is 1. The molecule has 0 bridgehead atoms. The third-order valence-electron chi connectivity index (χ3n) is 21.5. The summed E-state index contributed by atoms with van der Waals surface area (Å²) < 4.78 is 46.5. The van der Waals surface area contributed by atoms with Gasteiger partial charge in [-0.3, -0.25) is 4.79 Å². The second-order valence-electron chi connectivity index (χ2n) is 25.5. The molecule has 9 rings (SSSR count). The molecule has 30 atom stereocenters. The number of fused-ring (bicyclic) bond motifs is 7. The van der Waals surface area contributed by atoms with Gasteiger partial charge >= 0.3 is 5.97 Å². The topological polar surface area (TPSA) is 374 Å². The Morgan fingerprint density at radius 2 is 1.12 bits per heavy atom. The van der Waals surface area contributed by atoms with E-state index < -0.39 is 154 Å². The predicted molar refractivity (Wildman–Crippen MR) is 258 cm³/mol. The molecule has 4 aliphatic heterocycles. The predicted octanol–water partition coefficient (Wildman–Crippen LogP) is -2.22. The molecule has 14 N–H and O–H groups in total. The number of hydrogen-bond donors (Lipinski definition) is 14. The molecule has 30 unspecified atom stereocenters. The van der Waals surface area contributed by atoms with Crippen molar-refractivity contribution in [1.82, 2.24) is 0 Å². The minimum absolute atomic E-state index is 0.0136. The number of aliphatic hydroxyl groups excluding tert-OH is 14. The van der Waals surface area contributed by atoms with Crippen LogP contribution in [0.1, 0.15) is 106 Å². The molecule has 76 heavy (non-hydrogen) atoms. The Labute approximate surface area is 442 Å². The third-order valence-corrected chi connectivity index (χ3v) is 21.5. The van der Waals surface area contributed by atoms with Crippen LogP contribution < -0.4 is 0 Å². The summed E-state index contributed by atoms with van der Waals surface area (Å²) >= 11 is 0. The summed E-state index contributed by atoms with van der Waals surface area (Å²) in [6.45, 7) is 16.1. The molecule has 0 amide bonds. The van der Waals surface area contributed by atoms with Crippen LogP contribution in [0.2, 0.25) is 0 Å². The maximum absolute atomic E-state index is 15.1. The average Bonchev–Trinajstić information content (AvgIpc) is 3.95. The Bertz CT molecular complexity index is 2060. The van der Waals surface area contributed by atoms with Crippen molar-refractivity contribution in [2.45, 2.75) is 235 Å². The molecule has 0 aromatic heterocycles. The fourth-order valence-corrected chi connectivity index (χ4v) is 17.1. The third kappa shape index (κ3) is 9.37. The average molecular weight is 1090 g/mol. The number of allylic oxidation sites excluding steroid dienone is 1. The van der Waals surface area contributed by atoms with Gasteiger partial charge in [0, 0.05) is 0 Å².